The average Bonchev–Trinajstić information content (AvgIpc) is 2.57. The number of fused-ring (bicyclic) bond motifs is 3. The molecule has 1 heteroatoms. The fraction of sp³-hybridized carbons (Fsp3) is 0.538. The molecule has 0 N–H and O–H groups in total. The Hall–Kier alpha value is -0.820. The zero-order chi connectivity index (χ0) is 9.54. The SMILES string of the molecule is CN1CCCC2Cc3ccccc3C21. The molecule has 0 saturated carbocycles. The van der Waals surface area contributed by atoms with Gasteiger partial charge >= 0.3 is 0 Å². The van der Waals surface area contributed by atoms with Crippen LogP contribution in [0.25, 0.3) is 0 Å². The van der Waals surface area contributed by atoms with Crippen molar-refractivity contribution < 1.29 is 0 Å². The maximum Gasteiger partial charge on any atom is 0.0379 e. The number of piperidine rings is 1. The first-order chi connectivity index (χ1) is 6.86. The van der Waals surface area contributed by atoms with Crippen molar-refractivity contribution in [3.8, 4) is 0 Å². The summed E-state index contributed by atoms with van der Waals surface area (Å²) in [5.41, 5.74) is 3.19. The van der Waals surface area contributed by atoms with Gasteiger partial charge in [-0.05, 0) is 49.9 Å². The highest BCUT2D eigenvalue weighted by atomic mass is 15.1. The molecule has 1 nitrogen and oxygen atoms in total. The molecule has 3 rings (SSSR count). The lowest BCUT2D eigenvalue weighted by Crippen LogP contribution is -2.33. The van der Waals surface area contributed by atoms with Gasteiger partial charge in [0, 0.05) is 6.04 Å². The number of rotatable bonds is 0. The molecule has 0 radical (unpaired) electrons. The van der Waals surface area contributed by atoms with E-state index in [2.05, 4.69) is 36.2 Å². The molecule has 1 heterocycles. The summed E-state index contributed by atoms with van der Waals surface area (Å²) in [4.78, 5) is 2.54. The second-order valence-corrected chi connectivity index (χ2v) is 4.73. The fourth-order valence-corrected chi connectivity index (χ4v) is 3.26. The molecule has 1 aliphatic heterocycles. The van der Waals surface area contributed by atoms with Crippen molar-refractivity contribution in [1.29, 1.82) is 0 Å². The zero-order valence-corrected chi connectivity index (χ0v) is 8.74. The van der Waals surface area contributed by atoms with Crippen LogP contribution in [0.15, 0.2) is 24.3 Å². The minimum absolute atomic E-state index is 0.722. The maximum atomic E-state index is 2.54. The molecule has 0 spiro atoms. The Morgan fingerprint density at radius 3 is 3.07 bits per heavy atom. The highest BCUT2D eigenvalue weighted by molar-refractivity contribution is 5.36. The standard InChI is InChI=1S/C13H17N/c1-14-8-4-6-11-9-10-5-2-3-7-12(10)13(11)14/h2-3,5,7,11,13H,4,6,8-9H2,1H3. The average molecular weight is 187 g/mol. The molecule has 1 aromatic carbocycles. The van der Waals surface area contributed by atoms with Crippen LogP contribution in [0, 0.1) is 5.92 Å². The molecular formula is C13H17N. The highest BCUT2D eigenvalue weighted by Crippen LogP contribution is 2.44. The summed E-state index contributed by atoms with van der Waals surface area (Å²) >= 11 is 0. The van der Waals surface area contributed by atoms with Crippen LogP contribution < -0.4 is 0 Å². The van der Waals surface area contributed by atoms with E-state index < -0.39 is 0 Å². The first-order valence-corrected chi connectivity index (χ1v) is 5.64. The van der Waals surface area contributed by atoms with Gasteiger partial charge in [0.05, 0.1) is 0 Å². The highest BCUT2D eigenvalue weighted by Gasteiger charge is 2.36. The van der Waals surface area contributed by atoms with Crippen LogP contribution >= 0.6 is 0 Å². The molecule has 2 aliphatic rings. The van der Waals surface area contributed by atoms with Crippen molar-refractivity contribution in [2.24, 2.45) is 5.92 Å². The predicted molar refractivity (Wildman–Crippen MR) is 58.2 cm³/mol. The van der Waals surface area contributed by atoms with Crippen LogP contribution in [0.5, 0.6) is 0 Å². The van der Waals surface area contributed by atoms with Crippen molar-refractivity contribution in [3.05, 3.63) is 35.4 Å². The monoisotopic (exact) mass is 187 g/mol. The molecule has 1 fully saturated rings. The van der Waals surface area contributed by atoms with Gasteiger partial charge in [-0.1, -0.05) is 24.3 Å². The lowest BCUT2D eigenvalue weighted by atomic mass is 9.90. The molecule has 1 saturated heterocycles. The Kier molecular flexibility index (Phi) is 1.88. The number of hydrogen-bond acceptors (Lipinski definition) is 1. The minimum Gasteiger partial charge on any atom is -0.299 e. The van der Waals surface area contributed by atoms with Crippen molar-refractivity contribution in [1.82, 2.24) is 4.90 Å². The van der Waals surface area contributed by atoms with E-state index in [1.807, 2.05) is 0 Å². The molecule has 0 aromatic heterocycles. The van der Waals surface area contributed by atoms with Crippen LogP contribution in [0.4, 0.5) is 0 Å². The zero-order valence-electron chi connectivity index (χ0n) is 8.74. The van der Waals surface area contributed by atoms with Gasteiger partial charge in [0.25, 0.3) is 0 Å². The van der Waals surface area contributed by atoms with Gasteiger partial charge in [0.15, 0.2) is 0 Å². The van der Waals surface area contributed by atoms with Crippen LogP contribution in [0.2, 0.25) is 0 Å². The van der Waals surface area contributed by atoms with E-state index in [0.717, 1.165) is 12.0 Å². The van der Waals surface area contributed by atoms with Gasteiger partial charge in [0.2, 0.25) is 0 Å². The van der Waals surface area contributed by atoms with Gasteiger partial charge in [0.1, 0.15) is 0 Å². The lowest BCUT2D eigenvalue weighted by molar-refractivity contribution is 0.135. The summed E-state index contributed by atoms with van der Waals surface area (Å²) in [7, 11) is 2.28. The normalized spacial score (nSPS) is 31.2. The second kappa shape index (κ2) is 3.09. The Bertz CT molecular complexity index is 345. The van der Waals surface area contributed by atoms with Crippen LogP contribution in [-0.4, -0.2) is 18.5 Å². The first kappa shape index (κ1) is 8.49. The molecule has 0 bridgehead atoms. The first-order valence-electron chi connectivity index (χ1n) is 5.64. The van der Waals surface area contributed by atoms with E-state index >= 15 is 0 Å². The van der Waals surface area contributed by atoms with Crippen LogP contribution in [0.1, 0.15) is 30.0 Å². The van der Waals surface area contributed by atoms with Crippen molar-refractivity contribution in [2.45, 2.75) is 25.3 Å². The molecule has 1 aromatic rings. The van der Waals surface area contributed by atoms with Gasteiger partial charge in [-0.2, -0.15) is 0 Å². The second-order valence-electron chi connectivity index (χ2n) is 4.73. The van der Waals surface area contributed by atoms with Gasteiger partial charge in [-0.15, -0.1) is 0 Å². The number of hydrogen-bond donors (Lipinski definition) is 0. The third-order valence-electron chi connectivity index (χ3n) is 3.86. The fourth-order valence-electron chi connectivity index (χ4n) is 3.26. The summed E-state index contributed by atoms with van der Waals surface area (Å²) in [6.45, 7) is 1.27. The van der Waals surface area contributed by atoms with Crippen LogP contribution in [-0.2, 0) is 6.42 Å². The van der Waals surface area contributed by atoms with Gasteiger partial charge < -0.3 is 0 Å². The molecular weight excluding hydrogens is 170 g/mol. The Morgan fingerprint density at radius 2 is 2.14 bits per heavy atom. The van der Waals surface area contributed by atoms with E-state index in [1.54, 1.807) is 11.1 Å². The number of nitrogens with zero attached hydrogens (tertiary/aromatic N) is 1. The summed E-state index contributed by atoms with van der Waals surface area (Å²) in [6.07, 6.45) is 4.11. The third-order valence-corrected chi connectivity index (χ3v) is 3.86. The quantitative estimate of drug-likeness (QED) is 0.603. The number of likely N-dealkylation sites (tertiary alicyclic amines) is 1. The summed E-state index contributed by atoms with van der Waals surface area (Å²) in [6, 6.07) is 9.71. The van der Waals surface area contributed by atoms with E-state index in [1.165, 1.54) is 25.8 Å². The van der Waals surface area contributed by atoms with Gasteiger partial charge in [-0.3, -0.25) is 4.90 Å². The summed E-state index contributed by atoms with van der Waals surface area (Å²) in [5, 5.41) is 0. The summed E-state index contributed by atoms with van der Waals surface area (Å²) < 4.78 is 0. The van der Waals surface area contributed by atoms with E-state index in [4.69, 9.17) is 0 Å². The smallest absolute Gasteiger partial charge is 0.0379 e. The van der Waals surface area contributed by atoms with Crippen LogP contribution in [0.3, 0.4) is 0 Å². The van der Waals surface area contributed by atoms with E-state index in [9.17, 15) is 0 Å². The molecule has 14 heavy (non-hydrogen) atoms. The molecule has 2 unspecified atom stereocenters. The molecule has 0 amide bonds. The third kappa shape index (κ3) is 1.12. The maximum absolute atomic E-state index is 2.54. The number of benzene rings is 1. The predicted octanol–water partition coefficient (Wildman–Crippen LogP) is 2.63. The molecule has 74 valence electrons. The minimum atomic E-state index is 0.722. The summed E-state index contributed by atoms with van der Waals surface area (Å²) in [5.74, 6) is 0.895. The lowest BCUT2D eigenvalue weighted by Gasteiger charge is -2.35. The Morgan fingerprint density at radius 1 is 1.29 bits per heavy atom. The van der Waals surface area contributed by atoms with Crippen molar-refractivity contribution >= 4 is 0 Å². The topological polar surface area (TPSA) is 3.24 Å². The Labute approximate surface area is 85.7 Å². The Balaban J connectivity index is 2.03. The van der Waals surface area contributed by atoms with Crippen molar-refractivity contribution in [2.75, 3.05) is 13.6 Å². The largest absolute Gasteiger partial charge is 0.299 e. The molecule has 1 aliphatic carbocycles. The van der Waals surface area contributed by atoms with Crippen molar-refractivity contribution in [3.63, 3.8) is 0 Å². The molecule has 2 atom stereocenters. The van der Waals surface area contributed by atoms with Gasteiger partial charge in [-0.25, -0.2) is 0 Å². The van der Waals surface area contributed by atoms with E-state index in [0.29, 0.717) is 0 Å². The van der Waals surface area contributed by atoms with E-state index in [-0.39, 0.29) is 0 Å².